The van der Waals surface area contributed by atoms with Gasteiger partial charge in [-0.3, -0.25) is 9.59 Å². The van der Waals surface area contributed by atoms with Crippen LogP contribution in [0.4, 0.5) is 0 Å². The molecule has 2 aromatic carbocycles. The second kappa shape index (κ2) is 11.6. The smallest absolute Gasteiger partial charge is 0.306 e. The van der Waals surface area contributed by atoms with Gasteiger partial charge in [0, 0.05) is 43.7 Å². The first-order valence-corrected chi connectivity index (χ1v) is 13.4. The van der Waals surface area contributed by atoms with E-state index in [0.717, 1.165) is 23.1 Å². The van der Waals surface area contributed by atoms with Crippen LogP contribution in [0.1, 0.15) is 76.2 Å². The average molecular weight is 523 g/mol. The third-order valence-electron chi connectivity index (χ3n) is 6.62. The van der Waals surface area contributed by atoms with Crippen LogP contribution in [0.15, 0.2) is 53.5 Å². The maximum Gasteiger partial charge on any atom is 0.306 e. The first-order valence-electron chi connectivity index (χ1n) is 13.4. The molecule has 2 heterocycles. The number of aliphatic imine (C=N–C) groups is 1. The zero-order valence-corrected chi connectivity index (χ0v) is 22.7. The predicted octanol–water partition coefficient (Wildman–Crippen LogP) is 4.58. The number of nitrogens with zero attached hydrogens (tertiary/aromatic N) is 2. The molecule has 38 heavy (non-hydrogen) atoms. The summed E-state index contributed by atoms with van der Waals surface area (Å²) in [7, 11) is 0. The summed E-state index contributed by atoms with van der Waals surface area (Å²) in [5, 5.41) is 8.98. The Morgan fingerprint density at radius 2 is 1.92 bits per heavy atom. The minimum Gasteiger partial charge on any atom is -0.494 e. The first kappa shape index (κ1) is 27.6. The summed E-state index contributed by atoms with van der Waals surface area (Å²) < 4.78 is 17.7. The van der Waals surface area contributed by atoms with E-state index in [0.29, 0.717) is 37.8 Å². The first-order chi connectivity index (χ1) is 18.2. The van der Waals surface area contributed by atoms with Crippen LogP contribution in [-0.2, 0) is 25.6 Å². The van der Waals surface area contributed by atoms with Crippen molar-refractivity contribution < 1.29 is 28.9 Å². The molecule has 2 atom stereocenters. The van der Waals surface area contributed by atoms with Crippen molar-refractivity contribution in [2.45, 2.75) is 77.2 Å². The van der Waals surface area contributed by atoms with E-state index < -0.39 is 17.2 Å². The van der Waals surface area contributed by atoms with Gasteiger partial charge >= 0.3 is 5.97 Å². The molecule has 4 rings (SSSR count). The van der Waals surface area contributed by atoms with Crippen molar-refractivity contribution in [2.24, 2.45) is 4.99 Å². The SMILES string of the molecule is CCCN1Cc2ccccc2[C@H]2OC(c3ccc(OCCCO)cc3)=N[C@@]2(CCC(=O)OC(C)(C)C)C1=O. The molecular formula is C30H38N2O6. The second-order valence-corrected chi connectivity index (χ2v) is 10.8. The lowest BCUT2D eigenvalue weighted by Gasteiger charge is -2.32. The molecule has 1 N–H and O–H groups in total. The van der Waals surface area contributed by atoms with Gasteiger partial charge in [0.2, 0.25) is 5.90 Å². The standard InChI is InChI=1S/C30H38N2O6/c1-5-17-32-20-22-9-6-7-10-24(22)26-30(28(32)35,16-15-25(34)38-29(2,3)4)31-27(37-26)21-11-13-23(14-12-21)36-19-8-18-33/h6-7,9-14,26,33H,5,8,15-20H2,1-4H3/t26-,30-/m1/s1. The molecule has 0 bridgehead atoms. The molecule has 8 heteroatoms. The van der Waals surface area contributed by atoms with Crippen molar-refractivity contribution in [3.8, 4) is 5.75 Å². The lowest BCUT2D eigenvalue weighted by molar-refractivity contribution is -0.155. The minimum atomic E-state index is -1.29. The molecule has 204 valence electrons. The van der Waals surface area contributed by atoms with E-state index in [4.69, 9.17) is 24.3 Å². The predicted molar refractivity (Wildman–Crippen MR) is 144 cm³/mol. The Kier molecular flexibility index (Phi) is 8.41. The van der Waals surface area contributed by atoms with E-state index in [1.54, 1.807) is 0 Å². The molecular weight excluding hydrogens is 484 g/mol. The van der Waals surface area contributed by atoms with Crippen molar-refractivity contribution in [3.05, 3.63) is 65.2 Å². The Balaban J connectivity index is 1.73. The highest BCUT2D eigenvalue weighted by atomic mass is 16.6. The maximum atomic E-state index is 14.2. The number of aliphatic hydroxyl groups is 1. The number of benzene rings is 2. The van der Waals surface area contributed by atoms with Crippen LogP contribution < -0.4 is 4.74 Å². The van der Waals surface area contributed by atoms with Crippen LogP contribution >= 0.6 is 0 Å². The van der Waals surface area contributed by atoms with Crippen molar-refractivity contribution in [1.82, 2.24) is 4.90 Å². The van der Waals surface area contributed by atoms with Crippen LogP contribution in [0, 0.1) is 0 Å². The molecule has 0 aliphatic carbocycles. The van der Waals surface area contributed by atoms with Crippen LogP contribution in [-0.4, -0.2) is 58.7 Å². The summed E-state index contributed by atoms with van der Waals surface area (Å²) >= 11 is 0. The number of aliphatic hydroxyl groups excluding tert-OH is 1. The summed E-state index contributed by atoms with van der Waals surface area (Å²) in [5.41, 5.74) is 0.736. The molecule has 0 radical (unpaired) electrons. The van der Waals surface area contributed by atoms with Crippen LogP contribution in [0.5, 0.6) is 5.75 Å². The van der Waals surface area contributed by atoms with Gasteiger partial charge in [0.25, 0.3) is 5.91 Å². The van der Waals surface area contributed by atoms with Gasteiger partial charge in [-0.2, -0.15) is 0 Å². The molecule has 0 aromatic heterocycles. The van der Waals surface area contributed by atoms with Gasteiger partial charge in [0.1, 0.15) is 11.4 Å². The average Bonchev–Trinajstić information content (AvgIpc) is 3.24. The van der Waals surface area contributed by atoms with Gasteiger partial charge < -0.3 is 24.2 Å². The molecule has 0 saturated heterocycles. The number of carbonyl (C=O) groups is 2. The normalized spacial score (nSPS) is 20.7. The van der Waals surface area contributed by atoms with Gasteiger partial charge in [-0.05, 0) is 63.4 Å². The second-order valence-electron chi connectivity index (χ2n) is 10.8. The van der Waals surface area contributed by atoms with E-state index in [-0.39, 0.29) is 31.3 Å². The number of fused-ring (bicyclic) bond motifs is 3. The fraction of sp³-hybridized carbons (Fsp3) is 0.500. The number of esters is 1. The monoisotopic (exact) mass is 522 g/mol. The van der Waals surface area contributed by atoms with E-state index in [2.05, 4.69) is 0 Å². The van der Waals surface area contributed by atoms with Crippen LogP contribution in [0.2, 0.25) is 0 Å². The molecule has 0 fully saturated rings. The molecule has 2 aliphatic rings. The highest BCUT2D eigenvalue weighted by molar-refractivity contribution is 6.01. The van der Waals surface area contributed by atoms with Crippen molar-refractivity contribution in [1.29, 1.82) is 0 Å². The number of hydrogen-bond donors (Lipinski definition) is 1. The number of ether oxygens (including phenoxy) is 3. The molecule has 0 saturated carbocycles. The molecule has 2 aromatic rings. The van der Waals surface area contributed by atoms with Crippen molar-refractivity contribution in [2.75, 3.05) is 19.8 Å². The van der Waals surface area contributed by atoms with Crippen LogP contribution in [0.3, 0.4) is 0 Å². The molecule has 8 nitrogen and oxygen atoms in total. The minimum absolute atomic E-state index is 0.0411. The summed E-state index contributed by atoms with van der Waals surface area (Å²) in [6.45, 7) is 9.07. The number of hydrogen-bond acceptors (Lipinski definition) is 7. The van der Waals surface area contributed by atoms with Crippen molar-refractivity contribution >= 4 is 17.8 Å². The van der Waals surface area contributed by atoms with Gasteiger partial charge in [-0.15, -0.1) is 0 Å². The van der Waals surface area contributed by atoms with Crippen LogP contribution in [0.25, 0.3) is 0 Å². The van der Waals surface area contributed by atoms with Gasteiger partial charge in [-0.1, -0.05) is 31.2 Å². The maximum absolute atomic E-state index is 14.2. The number of carbonyl (C=O) groups excluding carboxylic acids is 2. The highest BCUT2D eigenvalue weighted by Gasteiger charge is 2.56. The summed E-state index contributed by atoms with van der Waals surface area (Å²) in [6, 6.07) is 15.3. The lowest BCUT2D eigenvalue weighted by atomic mass is 9.83. The van der Waals surface area contributed by atoms with Gasteiger partial charge in [0.05, 0.1) is 6.61 Å². The van der Waals surface area contributed by atoms with Crippen molar-refractivity contribution in [3.63, 3.8) is 0 Å². The summed E-state index contributed by atoms with van der Waals surface area (Å²) in [4.78, 5) is 33.8. The Bertz CT molecular complexity index is 1170. The number of amides is 1. The Hall–Kier alpha value is -3.39. The Labute approximate surface area is 224 Å². The fourth-order valence-corrected chi connectivity index (χ4v) is 4.95. The zero-order valence-electron chi connectivity index (χ0n) is 22.7. The molecule has 2 aliphatic heterocycles. The van der Waals surface area contributed by atoms with E-state index in [9.17, 15) is 9.59 Å². The Morgan fingerprint density at radius 1 is 1.18 bits per heavy atom. The van der Waals surface area contributed by atoms with E-state index in [1.165, 1.54) is 0 Å². The molecule has 1 amide bonds. The largest absolute Gasteiger partial charge is 0.494 e. The summed E-state index contributed by atoms with van der Waals surface area (Å²) in [5.74, 6) is 0.530. The lowest BCUT2D eigenvalue weighted by Crippen LogP contribution is -2.48. The molecule has 0 unspecified atom stereocenters. The summed E-state index contributed by atoms with van der Waals surface area (Å²) in [6.07, 6.45) is 0.905. The topological polar surface area (TPSA) is 97.7 Å². The third kappa shape index (κ3) is 6.01. The van der Waals surface area contributed by atoms with Gasteiger partial charge in [0.15, 0.2) is 11.6 Å². The van der Waals surface area contributed by atoms with Gasteiger partial charge in [-0.25, -0.2) is 4.99 Å². The van der Waals surface area contributed by atoms with E-state index >= 15 is 0 Å². The third-order valence-corrected chi connectivity index (χ3v) is 6.62. The number of rotatable bonds is 10. The fourth-order valence-electron chi connectivity index (χ4n) is 4.95. The van der Waals surface area contributed by atoms with E-state index in [1.807, 2.05) is 81.1 Å². The highest BCUT2D eigenvalue weighted by Crippen LogP contribution is 2.47. The molecule has 0 spiro atoms. The zero-order chi connectivity index (χ0) is 27.3. The quantitative estimate of drug-likeness (QED) is 0.362. The Morgan fingerprint density at radius 3 is 2.61 bits per heavy atom.